The van der Waals surface area contributed by atoms with Gasteiger partial charge < -0.3 is 19.7 Å². The van der Waals surface area contributed by atoms with E-state index in [4.69, 9.17) is 24.5 Å². The van der Waals surface area contributed by atoms with Crippen LogP contribution in [0.1, 0.15) is 23.6 Å². The second kappa shape index (κ2) is 7.55. The Kier molecular flexibility index (Phi) is 6.82. The molecule has 2 N–H and O–H groups in total. The summed E-state index contributed by atoms with van der Waals surface area (Å²) in [5, 5.41) is 16.6. The molecule has 1 aromatic rings. The van der Waals surface area contributed by atoms with E-state index in [1.807, 2.05) is 13.8 Å². The maximum Gasteiger partial charge on any atom is 0.300 e. The van der Waals surface area contributed by atoms with Crippen LogP contribution in [0.4, 0.5) is 0 Å². The van der Waals surface area contributed by atoms with Crippen LogP contribution in [-0.4, -0.2) is 30.4 Å². The molecule has 0 aliphatic heterocycles. The number of carboxylic acids is 1. The molecule has 0 bridgehead atoms. The van der Waals surface area contributed by atoms with Crippen molar-refractivity contribution in [3.8, 4) is 11.5 Å². The van der Waals surface area contributed by atoms with Gasteiger partial charge in [-0.05, 0) is 31.0 Å². The lowest BCUT2D eigenvalue weighted by Crippen LogP contribution is -1.99. The fraction of sp³-hybridized carbons (Fsp3) is 0.462. The Hall–Kier alpha value is -1.75. The maximum atomic E-state index is 9.15. The van der Waals surface area contributed by atoms with Gasteiger partial charge in [0.2, 0.25) is 0 Å². The second-order valence-corrected chi connectivity index (χ2v) is 3.70. The van der Waals surface area contributed by atoms with E-state index in [1.54, 1.807) is 20.3 Å². The highest BCUT2D eigenvalue weighted by atomic mass is 16.5. The van der Waals surface area contributed by atoms with Crippen LogP contribution in [0.25, 0.3) is 0 Å². The Morgan fingerprint density at radius 1 is 1.22 bits per heavy atom. The minimum Gasteiger partial charge on any atom is -0.496 e. The smallest absolute Gasteiger partial charge is 0.300 e. The van der Waals surface area contributed by atoms with Gasteiger partial charge in [0, 0.05) is 12.5 Å². The number of carbonyl (C=O) groups is 1. The van der Waals surface area contributed by atoms with Crippen molar-refractivity contribution in [3.63, 3.8) is 0 Å². The van der Waals surface area contributed by atoms with Gasteiger partial charge in [-0.25, -0.2) is 0 Å². The van der Waals surface area contributed by atoms with Gasteiger partial charge in [-0.3, -0.25) is 4.79 Å². The van der Waals surface area contributed by atoms with E-state index in [2.05, 4.69) is 0 Å². The summed E-state index contributed by atoms with van der Waals surface area (Å²) < 4.78 is 10.4. The van der Waals surface area contributed by atoms with Crippen molar-refractivity contribution in [2.24, 2.45) is 0 Å². The van der Waals surface area contributed by atoms with Crippen LogP contribution in [0.2, 0.25) is 0 Å². The zero-order valence-corrected chi connectivity index (χ0v) is 11.4. The van der Waals surface area contributed by atoms with Crippen LogP contribution >= 0.6 is 0 Å². The molecule has 18 heavy (non-hydrogen) atoms. The van der Waals surface area contributed by atoms with Crippen molar-refractivity contribution in [2.45, 2.75) is 27.4 Å². The number of aliphatic carboxylic acids is 1. The molecule has 5 nitrogen and oxygen atoms in total. The Morgan fingerprint density at radius 3 is 2.06 bits per heavy atom. The van der Waals surface area contributed by atoms with Crippen LogP contribution < -0.4 is 9.47 Å². The fourth-order valence-corrected chi connectivity index (χ4v) is 1.54. The molecule has 0 aliphatic carbocycles. The molecule has 0 saturated heterocycles. The Bertz CT molecular complexity index is 408. The lowest BCUT2D eigenvalue weighted by molar-refractivity contribution is -0.134. The number of benzene rings is 1. The average Bonchev–Trinajstić information content (AvgIpc) is 2.31. The van der Waals surface area contributed by atoms with Crippen LogP contribution in [0.5, 0.6) is 11.5 Å². The highest BCUT2D eigenvalue weighted by molar-refractivity contribution is 5.62. The SMILES string of the molecule is CC(=O)O.COc1cc(CO)c(OC)c(C)c1C. The van der Waals surface area contributed by atoms with Gasteiger partial charge in [-0.2, -0.15) is 0 Å². The molecule has 5 heteroatoms. The van der Waals surface area contributed by atoms with Crippen molar-refractivity contribution in [3.05, 3.63) is 22.8 Å². The summed E-state index contributed by atoms with van der Waals surface area (Å²) in [6, 6.07) is 1.81. The van der Waals surface area contributed by atoms with E-state index in [0.29, 0.717) is 0 Å². The molecule has 1 rings (SSSR count). The van der Waals surface area contributed by atoms with Crippen molar-refractivity contribution in [1.29, 1.82) is 0 Å². The van der Waals surface area contributed by atoms with E-state index in [9.17, 15) is 0 Å². The zero-order chi connectivity index (χ0) is 14.3. The number of hydrogen-bond donors (Lipinski definition) is 2. The molecular formula is C13H20O5. The summed E-state index contributed by atoms with van der Waals surface area (Å²) in [7, 11) is 3.23. The first-order valence-corrected chi connectivity index (χ1v) is 5.40. The van der Waals surface area contributed by atoms with Crippen LogP contribution in [0.15, 0.2) is 6.07 Å². The molecule has 102 valence electrons. The number of ether oxygens (including phenoxy) is 2. The first-order chi connectivity index (χ1) is 8.38. The quantitative estimate of drug-likeness (QED) is 0.863. The van der Waals surface area contributed by atoms with Gasteiger partial charge >= 0.3 is 0 Å². The summed E-state index contributed by atoms with van der Waals surface area (Å²) in [6.07, 6.45) is 0. The fourth-order valence-electron chi connectivity index (χ4n) is 1.54. The molecule has 0 atom stereocenters. The third kappa shape index (κ3) is 4.25. The average molecular weight is 256 g/mol. The van der Waals surface area contributed by atoms with Crippen LogP contribution in [0.3, 0.4) is 0 Å². The van der Waals surface area contributed by atoms with Crippen molar-refractivity contribution >= 4 is 5.97 Å². The predicted octanol–water partition coefficient (Wildman–Crippen LogP) is 1.90. The molecule has 1 aromatic carbocycles. The highest BCUT2D eigenvalue weighted by Gasteiger charge is 2.12. The molecule has 0 fully saturated rings. The summed E-state index contributed by atoms with van der Waals surface area (Å²) in [5.41, 5.74) is 2.81. The standard InChI is InChI=1S/C11H16O3.C2H4O2/c1-7-8(2)11(14-4)9(6-12)5-10(7)13-3;1-2(3)4/h5,12H,6H2,1-4H3;1H3,(H,3,4). The number of hydrogen-bond acceptors (Lipinski definition) is 4. The first kappa shape index (κ1) is 16.2. The summed E-state index contributed by atoms with van der Waals surface area (Å²) >= 11 is 0. The van der Waals surface area contributed by atoms with Gasteiger partial charge in [0.25, 0.3) is 5.97 Å². The molecule has 0 aromatic heterocycles. The van der Waals surface area contributed by atoms with E-state index in [-0.39, 0.29) is 6.61 Å². The largest absolute Gasteiger partial charge is 0.496 e. The topological polar surface area (TPSA) is 76.0 Å². The number of carboxylic acid groups (broad SMARTS) is 1. The van der Waals surface area contributed by atoms with Gasteiger partial charge in [0.05, 0.1) is 20.8 Å². The van der Waals surface area contributed by atoms with Crippen molar-refractivity contribution in [1.82, 2.24) is 0 Å². The van der Waals surface area contributed by atoms with Crippen LogP contribution in [0, 0.1) is 13.8 Å². The normalized spacial score (nSPS) is 9.22. The van der Waals surface area contributed by atoms with E-state index >= 15 is 0 Å². The Labute approximate surface area is 107 Å². The van der Waals surface area contributed by atoms with Gasteiger partial charge in [-0.15, -0.1) is 0 Å². The number of rotatable bonds is 3. The van der Waals surface area contributed by atoms with Crippen molar-refractivity contribution in [2.75, 3.05) is 14.2 Å². The monoisotopic (exact) mass is 256 g/mol. The summed E-state index contributed by atoms with van der Waals surface area (Å²) in [5.74, 6) is 0.693. The molecular weight excluding hydrogens is 236 g/mol. The summed E-state index contributed by atoms with van der Waals surface area (Å²) in [6.45, 7) is 4.97. The summed E-state index contributed by atoms with van der Waals surface area (Å²) in [4.78, 5) is 9.00. The lowest BCUT2D eigenvalue weighted by Gasteiger charge is -2.15. The molecule has 0 radical (unpaired) electrons. The van der Waals surface area contributed by atoms with Gasteiger partial charge in [0.1, 0.15) is 11.5 Å². The Balaban J connectivity index is 0.000000631. The number of aliphatic hydroxyl groups is 1. The van der Waals surface area contributed by atoms with Gasteiger partial charge in [0.15, 0.2) is 0 Å². The van der Waals surface area contributed by atoms with E-state index in [0.717, 1.165) is 35.1 Å². The maximum absolute atomic E-state index is 9.15. The van der Waals surface area contributed by atoms with E-state index < -0.39 is 5.97 Å². The minimum absolute atomic E-state index is 0.0410. The first-order valence-electron chi connectivity index (χ1n) is 5.40. The van der Waals surface area contributed by atoms with Crippen LogP contribution in [-0.2, 0) is 11.4 Å². The van der Waals surface area contributed by atoms with E-state index in [1.165, 1.54) is 0 Å². The molecule has 0 amide bonds. The molecule has 0 heterocycles. The lowest BCUT2D eigenvalue weighted by atomic mass is 10.0. The Morgan fingerprint density at radius 2 is 1.72 bits per heavy atom. The molecule has 0 unspecified atom stereocenters. The molecule has 0 spiro atoms. The number of aliphatic hydroxyl groups excluding tert-OH is 1. The number of methoxy groups -OCH3 is 2. The van der Waals surface area contributed by atoms with Crippen molar-refractivity contribution < 1.29 is 24.5 Å². The minimum atomic E-state index is -0.833. The zero-order valence-electron chi connectivity index (χ0n) is 11.4. The third-order valence-electron chi connectivity index (χ3n) is 2.46. The second-order valence-electron chi connectivity index (χ2n) is 3.70. The highest BCUT2D eigenvalue weighted by Crippen LogP contribution is 2.33. The molecule has 0 saturated carbocycles. The third-order valence-corrected chi connectivity index (χ3v) is 2.46. The molecule has 0 aliphatic rings. The van der Waals surface area contributed by atoms with Gasteiger partial charge in [-0.1, -0.05) is 0 Å². The predicted molar refractivity (Wildman–Crippen MR) is 68.3 cm³/mol.